The van der Waals surface area contributed by atoms with E-state index in [1.54, 1.807) is 48.5 Å². The predicted octanol–water partition coefficient (Wildman–Crippen LogP) is 7.05. The minimum atomic E-state index is -4.63. The van der Waals surface area contributed by atoms with E-state index in [4.69, 9.17) is 5.73 Å². The Balaban J connectivity index is 0.890. The second-order valence-electron chi connectivity index (χ2n) is 26.7. The van der Waals surface area contributed by atoms with E-state index in [-0.39, 0.29) is 103 Å². The van der Waals surface area contributed by atoms with E-state index in [1.807, 2.05) is 61.5 Å². The Morgan fingerprint density at radius 3 is 1.95 bits per heavy atom. The van der Waals surface area contributed by atoms with Crippen molar-refractivity contribution in [2.75, 3.05) is 47.1 Å². The molecular formula is C70H82N11O20S4+. The molecule has 560 valence electrons. The molecule has 2 aliphatic heterocycles. The number of allylic oxidation sites excluding steroid dienone is 8. The largest absolute Gasteiger partial charge is 0.480 e. The van der Waals surface area contributed by atoms with Gasteiger partial charge in [-0.05, 0) is 179 Å². The van der Waals surface area contributed by atoms with Gasteiger partial charge in [0.15, 0.2) is 16.9 Å². The van der Waals surface area contributed by atoms with Gasteiger partial charge in [-0.3, -0.25) is 42.4 Å². The van der Waals surface area contributed by atoms with Crippen molar-refractivity contribution in [3.8, 4) is 0 Å². The maximum Gasteiger partial charge on any atom is 0.326 e. The number of fused-ring (bicyclic) bond motifs is 3. The zero-order chi connectivity index (χ0) is 76.6. The fourth-order valence-electron chi connectivity index (χ4n) is 13.1. The number of rotatable bonds is 33. The number of benzene rings is 4. The lowest BCUT2D eigenvalue weighted by Gasteiger charge is -2.28. The van der Waals surface area contributed by atoms with Crippen LogP contribution in [0.4, 0.5) is 23.0 Å². The number of nitrogens with two attached hydrogens (primary N) is 1. The molecule has 3 amide bonds. The molecule has 3 aliphatic rings. The molecule has 2 atom stereocenters. The summed E-state index contributed by atoms with van der Waals surface area (Å²) >= 11 is 0. The van der Waals surface area contributed by atoms with E-state index in [0.29, 0.717) is 83.0 Å². The smallest absolute Gasteiger partial charge is 0.326 e. The van der Waals surface area contributed by atoms with Gasteiger partial charge in [-0.1, -0.05) is 38.1 Å². The molecule has 9 rings (SSSR count). The number of nitrogen functional groups attached to an aromatic ring is 1. The number of nitrogens with zero attached hydrogens (tertiary/aromatic N) is 5. The Morgan fingerprint density at radius 2 is 1.30 bits per heavy atom. The lowest BCUT2D eigenvalue weighted by atomic mass is 9.79. The van der Waals surface area contributed by atoms with Gasteiger partial charge < -0.3 is 42.1 Å². The average Bonchev–Trinajstić information content (AvgIpc) is 1.59. The first-order valence-corrected chi connectivity index (χ1v) is 39.6. The third-order valence-corrected chi connectivity index (χ3v) is 21.8. The van der Waals surface area contributed by atoms with Gasteiger partial charge in [0, 0.05) is 77.3 Å². The molecular weight excluding hydrogens is 1440 g/mol. The van der Waals surface area contributed by atoms with Crippen LogP contribution in [-0.2, 0) is 72.2 Å². The number of unbranched alkanes of at least 4 members (excludes halogenated alkanes) is 3. The number of aromatic nitrogens is 4. The van der Waals surface area contributed by atoms with E-state index in [1.165, 1.54) is 42.6 Å². The van der Waals surface area contributed by atoms with Gasteiger partial charge >= 0.3 is 11.9 Å². The number of amides is 3. The molecule has 0 bridgehead atoms. The van der Waals surface area contributed by atoms with Gasteiger partial charge in [-0.2, -0.15) is 43.2 Å². The van der Waals surface area contributed by atoms with Gasteiger partial charge in [-0.25, -0.2) is 19.6 Å². The van der Waals surface area contributed by atoms with Crippen LogP contribution < -0.4 is 37.5 Å². The van der Waals surface area contributed by atoms with Gasteiger partial charge in [0.25, 0.3) is 57.8 Å². The molecule has 105 heavy (non-hydrogen) atoms. The number of carbonyl (C=O) groups excluding carboxylic acids is 3. The highest BCUT2D eigenvalue weighted by Crippen LogP contribution is 2.49. The molecule has 0 saturated carbocycles. The van der Waals surface area contributed by atoms with Crippen LogP contribution in [0.3, 0.4) is 0 Å². The summed E-state index contributed by atoms with van der Waals surface area (Å²) in [5, 5.41) is 30.7. The van der Waals surface area contributed by atoms with Gasteiger partial charge in [0.2, 0.25) is 17.5 Å². The van der Waals surface area contributed by atoms with Crippen LogP contribution in [0.1, 0.15) is 148 Å². The number of aliphatic carboxylic acids is 2. The molecule has 4 heterocycles. The third-order valence-electron chi connectivity index (χ3n) is 18.5. The molecule has 13 N–H and O–H groups in total. The van der Waals surface area contributed by atoms with E-state index >= 15 is 0 Å². The molecule has 0 unspecified atom stereocenters. The summed E-state index contributed by atoms with van der Waals surface area (Å²) in [6.07, 6.45) is 11.2. The Hall–Kier alpha value is -9.88. The SMILES string of the molecule is CC1(C)C(/C=C/C2=C(c3ccc(C(=O)NCCCC[C@H](NC(=O)CC[C@H](NC(=O)c4ccc(NCc5cnc6nc(N)[nH]c(=O)c6n5)cc4)C(=O)O)C(=O)O)cc3)C(=C/C=C3/N(CCCCS(=O)(=O)O)c4ccc(S(=O)(=O)O)cc4C3(C)C)/CCC2)=[N+](CCCCS(=O)(=O)O)c2ccc(S(=O)(=O)O)cc21. The number of carboxylic acids is 2. The average molecular weight is 1530 g/mol. The molecule has 1 aliphatic carbocycles. The van der Waals surface area contributed by atoms with Crippen LogP contribution in [0.5, 0.6) is 0 Å². The Labute approximate surface area is 606 Å². The van der Waals surface area contributed by atoms with Crippen molar-refractivity contribution in [2.24, 2.45) is 0 Å². The van der Waals surface area contributed by atoms with Crippen LogP contribution in [-0.4, -0.2) is 165 Å². The number of hydrogen-bond donors (Lipinski definition) is 12. The van der Waals surface area contributed by atoms with Crippen molar-refractivity contribution in [1.29, 1.82) is 0 Å². The highest BCUT2D eigenvalue weighted by molar-refractivity contribution is 7.86. The number of H-pyrrole nitrogens is 1. The van der Waals surface area contributed by atoms with Crippen LogP contribution in [0, 0.1) is 0 Å². The molecule has 4 aromatic carbocycles. The zero-order valence-corrected chi connectivity index (χ0v) is 61.0. The van der Waals surface area contributed by atoms with E-state index in [0.717, 1.165) is 16.7 Å². The number of nitrogens with one attached hydrogen (secondary N) is 5. The first kappa shape index (κ1) is 79.2. The molecule has 0 saturated heterocycles. The molecule has 0 radical (unpaired) electrons. The molecule has 0 fully saturated rings. The highest BCUT2D eigenvalue weighted by atomic mass is 32.2. The van der Waals surface area contributed by atoms with Gasteiger partial charge in [-0.15, -0.1) is 0 Å². The fraction of sp³-hybridized carbons (Fsp3) is 0.371. The van der Waals surface area contributed by atoms with E-state index in [2.05, 4.69) is 41.2 Å². The van der Waals surface area contributed by atoms with Crippen molar-refractivity contribution in [2.45, 2.75) is 144 Å². The summed E-state index contributed by atoms with van der Waals surface area (Å²) in [5.74, 6) is -5.87. The Bertz CT molecular complexity index is 5110. The minimum absolute atomic E-state index is 0.00716. The fourth-order valence-corrected chi connectivity index (χ4v) is 15.2. The standard InChI is InChI=1S/C70H81N11O20S4/c1-69(2)51-38-49(104(96,97)98)25-28-55(51)80(34-7-9-36-102(90,91)92)57(69)30-21-42-12-11-13-43(22-31-58-70(3,4)52-39-50(105(99,100)101)26-29-56(52)81(58)35-8-10-37-103(93,94)95)60(42)44-15-17-45(18-16-44)63(83)72-33-6-5-14-53(66(86)87)76-59(82)32-27-54(67(88)89)77-64(84)46-19-23-47(24-20-46)73-40-48-41-74-62-61(75-48)65(85)79-68(71)78-62/h15-26,28-31,38-39,41,53-54H,5-14,27,32-37,40H2,1-4H3,(H12-,71,72,73,74,76,77,78,79,82,83,84,85,86,87,88,89,90,91,92,93,94,95,96,97,98,99,100,101)/p+1/t53-,54-/m0/s1. The van der Waals surface area contributed by atoms with Crippen molar-refractivity contribution < 1.29 is 90.6 Å². The summed E-state index contributed by atoms with van der Waals surface area (Å²) in [6, 6.07) is 18.4. The maximum absolute atomic E-state index is 13.8. The van der Waals surface area contributed by atoms with Crippen molar-refractivity contribution in [1.82, 2.24) is 35.9 Å². The summed E-state index contributed by atoms with van der Waals surface area (Å²) in [4.78, 5) is 92.8. The number of aromatic amines is 1. The van der Waals surface area contributed by atoms with E-state index in [9.17, 15) is 90.9 Å². The summed E-state index contributed by atoms with van der Waals surface area (Å²) in [6.45, 7) is 8.26. The third kappa shape index (κ3) is 20.1. The molecule has 35 heteroatoms. The number of hydrogen-bond acceptors (Lipinski definition) is 20. The summed E-state index contributed by atoms with van der Waals surface area (Å²) in [5.41, 5.74) is 11.4. The second-order valence-corrected chi connectivity index (χ2v) is 32.7. The molecule has 0 spiro atoms. The number of anilines is 3. The molecule has 31 nitrogen and oxygen atoms in total. The van der Waals surface area contributed by atoms with Crippen LogP contribution in [0.25, 0.3) is 16.7 Å². The number of carbonyl (C=O) groups is 5. The van der Waals surface area contributed by atoms with Crippen LogP contribution in [0.15, 0.2) is 147 Å². The van der Waals surface area contributed by atoms with Crippen LogP contribution in [0.2, 0.25) is 0 Å². The van der Waals surface area contributed by atoms with Crippen molar-refractivity contribution >= 4 is 116 Å². The first-order chi connectivity index (χ1) is 49.3. The molecule has 6 aromatic rings. The lowest BCUT2D eigenvalue weighted by molar-refractivity contribution is -0.438. The molecule has 2 aromatic heterocycles. The van der Waals surface area contributed by atoms with Crippen LogP contribution >= 0.6 is 0 Å². The van der Waals surface area contributed by atoms with Crippen molar-refractivity contribution in [3.63, 3.8) is 0 Å². The highest BCUT2D eigenvalue weighted by Gasteiger charge is 2.45. The second kappa shape index (κ2) is 32.6. The monoisotopic (exact) mass is 1520 g/mol. The normalized spacial score (nSPS) is 16.5. The lowest BCUT2D eigenvalue weighted by Crippen LogP contribution is -2.44. The zero-order valence-electron chi connectivity index (χ0n) is 57.7. The van der Waals surface area contributed by atoms with Gasteiger partial charge in [0.1, 0.15) is 18.6 Å². The Morgan fingerprint density at radius 1 is 0.686 bits per heavy atom. The maximum atomic E-state index is 13.8. The number of carboxylic acid groups (broad SMARTS) is 2. The Kier molecular flexibility index (Phi) is 24.6. The first-order valence-electron chi connectivity index (χ1n) is 33.5. The quantitative estimate of drug-likeness (QED) is 0.0111. The predicted molar refractivity (Wildman–Crippen MR) is 390 cm³/mol. The van der Waals surface area contributed by atoms with Gasteiger partial charge in [0.05, 0.1) is 45.1 Å². The summed E-state index contributed by atoms with van der Waals surface area (Å²) < 4.78 is 138. The topological polar surface area (TPSA) is 495 Å². The van der Waals surface area contributed by atoms with E-state index < -0.39 is 117 Å². The summed E-state index contributed by atoms with van der Waals surface area (Å²) in [7, 11) is -17.8. The van der Waals surface area contributed by atoms with Crippen molar-refractivity contribution in [3.05, 3.63) is 176 Å². The minimum Gasteiger partial charge on any atom is -0.480 e.